The zero-order valence-electron chi connectivity index (χ0n) is 9.53. The van der Waals surface area contributed by atoms with Gasteiger partial charge in [-0.1, -0.05) is 0 Å². The smallest absolute Gasteiger partial charge is 0.313 e. The molecule has 88 valence electrons. The van der Waals surface area contributed by atoms with Gasteiger partial charge in [-0.05, 0) is 27.7 Å². The highest BCUT2D eigenvalue weighted by molar-refractivity contribution is 5.77. The van der Waals surface area contributed by atoms with Crippen LogP contribution >= 0.6 is 0 Å². The summed E-state index contributed by atoms with van der Waals surface area (Å²) >= 11 is 0. The standard InChI is InChI=1S/C10H18O5/c1-9(2,5-11)8(14)15-6-10(3,4)7(12)13/h11H,5-6H2,1-4H3,(H,12,13). The number of aliphatic hydroxyl groups excluding tert-OH is 1. The summed E-state index contributed by atoms with van der Waals surface area (Å²) < 4.78 is 4.84. The van der Waals surface area contributed by atoms with Gasteiger partial charge in [0.1, 0.15) is 6.61 Å². The second-order valence-electron chi connectivity index (χ2n) is 4.81. The minimum absolute atomic E-state index is 0.204. The van der Waals surface area contributed by atoms with Crippen molar-refractivity contribution in [1.29, 1.82) is 0 Å². The van der Waals surface area contributed by atoms with Crippen LogP contribution in [0.2, 0.25) is 0 Å². The van der Waals surface area contributed by atoms with E-state index in [1.807, 2.05) is 0 Å². The van der Waals surface area contributed by atoms with Crippen molar-refractivity contribution >= 4 is 11.9 Å². The van der Waals surface area contributed by atoms with Gasteiger partial charge < -0.3 is 14.9 Å². The molecule has 0 spiro atoms. The van der Waals surface area contributed by atoms with E-state index in [1.54, 1.807) is 0 Å². The Bertz CT molecular complexity index is 255. The van der Waals surface area contributed by atoms with Crippen molar-refractivity contribution in [2.24, 2.45) is 10.8 Å². The van der Waals surface area contributed by atoms with Gasteiger partial charge in [0.25, 0.3) is 0 Å². The molecule has 5 heteroatoms. The minimum atomic E-state index is -1.11. The van der Waals surface area contributed by atoms with Gasteiger partial charge in [0, 0.05) is 0 Å². The van der Waals surface area contributed by atoms with Crippen molar-refractivity contribution in [2.45, 2.75) is 27.7 Å². The molecule has 0 aromatic rings. The lowest BCUT2D eigenvalue weighted by atomic mass is 9.93. The highest BCUT2D eigenvalue weighted by atomic mass is 16.5. The monoisotopic (exact) mass is 218 g/mol. The van der Waals surface area contributed by atoms with Crippen LogP contribution in [-0.2, 0) is 14.3 Å². The van der Waals surface area contributed by atoms with E-state index in [-0.39, 0.29) is 13.2 Å². The van der Waals surface area contributed by atoms with Gasteiger partial charge in [0.15, 0.2) is 0 Å². The van der Waals surface area contributed by atoms with Crippen LogP contribution in [0.5, 0.6) is 0 Å². The number of aliphatic hydroxyl groups is 1. The predicted octanol–water partition coefficient (Wildman–Crippen LogP) is 0.659. The molecule has 0 fully saturated rings. The summed E-state index contributed by atoms with van der Waals surface area (Å²) in [6.07, 6.45) is 0. The SMILES string of the molecule is CC(C)(COC(=O)C(C)(C)CO)C(=O)O. The quantitative estimate of drug-likeness (QED) is 0.662. The number of rotatable bonds is 5. The van der Waals surface area contributed by atoms with Crippen molar-refractivity contribution in [3.05, 3.63) is 0 Å². The molecule has 0 aromatic heterocycles. The number of carbonyl (C=O) groups excluding carboxylic acids is 1. The molecular formula is C10H18O5. The zero-order valence-corrected chi connectivity index (χ0v) is 9.53. The molecule has 0 unspecified atom stereocenters. The Hall–Kier alpha value is -1.10. The van der Waals surface area contributed by atoms with Crippen molar-refractivity contribution in [2.75, 3.05) is 13.2 Å². The fraction of sp³-hybridized carbons (Fsp3) is 0.800. The zero-order chi connectivity index (χ0) is 12.3. The highest BCUT2D eigenvalue weighted by Gasteiger charge is 2.33. The van der Waals surface area contributed by atoms with Gasteiger partial charge in [-0.15, -0.1) is 0 Å². The Morgan fingerprint density at radius 1 is 1.13 bits per heavy atom. The number of esters is 1. The van der Waals surface area contributed by atoms with E-state index in [0.29, 0.717) is 0 Å². The highest BCUT2D eigenvalue weighted by Crippen LogP contribution is 2.20. The number of carboxylic acids is 1. The maximum Gasteiger partial charge on any atom is 0.313 e. The van der Waals surface area contributed by atoms with Crippen molar-refractivity contribution in [3.63, 3.8) is 0 Å². The third-order valence-corrected chi connectivity index (χ3v) is 2.09. The molecule has 0 radical (unpaired) electrons. The molecule has 0 atom stereocenters. The Morgan fingerprint density at radius 3 is 1.93 bits per heavy atom. The van der Waals surface area contributed by atoms with Gasteiger partial charge in [-0.3, -0.25) is 9.59 Å². The van der Waals surface area contributed by atoms with Crippen LogP contribution in [0.3, 0.4) is 0 Å². The fourth-order valence-electron chi connectivity index (χ4n) is 0.568. The Labute approximate surface area is 89.0 Å². The number of carbonyl (C=O) groups is 2. The minimum Gasteiger partial charge on any atom is -0.481 e. The first kappa shape index (κ1) is 13.9. The second-order valence-corrected chi connectivity index (χ2v) is 4.81. The summed E-state index contributed by atoms with van der Waals surface area (Å²) in [5, 5.41) is 17.7. The number of carboxylic acid groups (broad SMARTS) is 1. The molecule has 0 heterocycles. The molecule has 0 aromatic carbocycles. The molecule has 0 saturated heterocycles. The van der Waals surface area contributed by atoms with Crippen LogP contribution in [0.25, 0.3) is 0 Å². The van der Waals surface area contributed by atoms with Crippen LogP contribution in [-0.4, -0.2) is 35.4 Å². The lowest BCUT2D eigenvalue weighted by Gasteiger charge is -2.24. The number of aliphatic carboxylic acids is 1. The van der Waals surface area contributed by atoms with Crippen LogP contribution in [0, 0.1) is 10.8 Å². The van der Waals surface area contributed by atoms with Crippen molar-refractivity contribution in [3.8, 4) is 0 Å². The van der Waals surface area contributed by atoms with E-state index < -0.39 is 22.8 Å². The molecule has 5 nitrogen and oxygen atoms in total. The average Bonchev–Trinajstić information content (AvgIpc) is 2.13. The first-order valence-electron chi connectivity index (χ1n) is 4.65. The van der Waals surface area contributed by atoms with Crippen LogP contribution in [0.4, 0.5) is 0 Å². The second kappa shape index (κ2) is 4.61. The fourth-order valence-corrected chi connectivity index (χ4v) is 0.568. The van der Waals surface area contributed by atoms with Gasteiger partial charge >= 0.3 is 11.9 Å². The van der Waals surface area contributed by atoms with E-state index in [0.717, 1.165) is 0 Å². The molecule has 0 aliphatic heterocycles. The number of hydrogen-bond donors (Lipinski definition) is 2. The van der Waals surface area contributed by atoms with Crippen LogP contribution < -0.4 is 0 Å². The summed E-state index contributed by atoms with van der Waals surface area (Å²) in [6, 6.07) is 0. The van der Waals surface area contributed by atoms with Crippen LogP contribution in [0.1, 0.15) is 27.7 Å². The molecule has 0 rings (SSSR count). The molecular weight excluding hydrogens is 200 g/mol. The molecule has 2 N–H and O–H groups in total. The van der Waals surface area contributed by atoms with Gasteiger partial charge in [-0.2, -0.15) is 0 Å². The third-order valence-electron chi connectivity index (χ3n) is 2.09. The van der Waals surface area contributed by atoms with Gasteiger partial charge in [0.05, 0.1) is 17.4 Å². The van der Waals surface area contributed by atoms with E-state index >= 15 is 0 Å². The number of ether oxygens (including phenoxy) is 1. The van der Waals surface area contributed by atoms with Crippen molar-refractivity contribution in [1.82, 2.24) is 0 Å². The van der Waals surface area contributed by atoms with E-state index in [4.69, 9.17) is 14.9 Å². The Balaban J connectivity index is 4.30. The molecule has 0 aliphatic carbocycles. The maximum atomic E-state index is 11.4. The molecule has 0 aliphatic rings. The Morgan fingerprint density at radius 2 is 1.60 bits per heavy atom. The first-order valence-corrected chi connectivity index (χ1v) is 4.65. The summed E-state index contributed by atoms with van der Waals surface area (Å²) in [6.45, 7) is 5.46. The van der Waals surface area contributed by atoms with Crippen molar-refractivity contribution < 1.29 is 24.5 Å². The molecule has 0 bridgehead atoms. The lowest BCUT2D eigenvalue weighted by molar-refractivity contribution is -0.164. The maximum absolute atomic E-state index is 11.4. The topological polar surface area (TPSA) is 83.8 Å². The molecule has 0 amide bonds. The number of hydrogen-bond acceptors (Lipinski definition) is 4. The van der Waals surface area contributed by atoms with E-state index in [9.17, 15) is 9.59 Å². The van der Waals surface area contributed by atoms with Gasteiger partial charge in [-0.25, -0.2) is 0 Å². The van der Waals surface area contributed by atoms with Gasteiger partial charge in [0.2, 0.25) is 0 Å². The largest absolute Gasteiger partial charge is 0.481 e. The summed E-state index contributed by atoms with van der Waals surface area (Å²) in [5.41, 5.74) is -2.10. The predicted molar refractivity (Wildman–Crippen MR) is 53.2 cm³/mol. The van der Waals surface area contributed by atoms with E-state index in [2.05, 4.69) is 0 Å². The average molecular weight is 218 g/mol. The molecule has 0 saturated carbocycles. The first-order chi connectivity index (χ1) is 6.63. The summed E-state index contributed by atoms with van der Waals surface area (Å²) in [5.74, 6) is -1.63. The van der Waals surface area contributed by atoms with E-state index in [1.165, 1.54) is 27.7 Å². The molecule has 15 heavy (non-hydrogen) atoms. The Kier molecular flexibility index (Phi) is 4.27. The lowest BCUT2D eigenvalue weighted by Crippen LogP contribution is -2.36. The summed E-state index contributed by atoms with van der Waals surface area (Å²) in [4.78, 5) is 22.1. The third kappa shape index (κ3) is 3.87. The van der Waals surface area contributed by atoms with Crippen LogP contribution in [0.15, 0.2) is 0 Å². The summed E-state index contributed by atoms with van der Waals surface area (Å²) in [7, 11) is 0. The normalized spacial score (nSPS) is 12.3.